The average molecular weight is 683 g/mol. The highest BCUT2D eigenvalue weighted by atomic mass is 28.4. The lowest BCUT2D eigenvalue weighted by atomic mass is 9.94. The maximum atomic E-state index is 14.3. The third kappa shape index (κ3) is 9.10. The summed E-state index contributed by atoms with van der Waals surface area (Å²) >= 11 is 0. The van der Waals surface area contributed by atoms with Gasteiger partial charge in [0.2, 0.25) is 0 Å². The summed E-state index contributed by atoms with van der Waals surface area (Å²) in [6.45, 7) is 14.4. The van der Waals surface area contributed by atoms with Crippen molar-refractivity contribution in [2.75, 3.05) is 12.4 Å². The number of methoxy groups -OCH3 is 1. The van der Waals surface area contributed by atoms with E-state index in [4.69, 9.17) is 9.16 Å². The smallest absolute Gasteiger partial charge is 0.308 e. The topological polar surface area (TPSA) is 86.6 Å². The second-order valence-electron chi connectivity index (χ2n) is 13.9. The predicted molar refractivity (Wildman–Crippen MR) is 197 cm³/mol. The first-order chi connectivity index (χ1) is 23.1. The minimum Gasteiger partial charge on any atom is -0.469 e. The number of ether oxygens (including phenoxy) is 1. The van der Waals surface area contributed by atoms with E-state index in [9.17, 15) is 18.8 Å². The van der Waals surface area contributed by atoms with E-state index in [-0.39, 0.29) is 41.4 Å². The number of nitrogens with one attached hydrogen (secondary N) is 1. The van der Waals surface area contributed by atoms with E-state index in [0.717, 1.165) is 5.56 Å². The van der Waals surface area contributed by atoms with Gasteiger partial charge in [-0.05, 0) is 79.5 Å². The number of hydrogen-bond donors (Lipinski definition) is 1. The molecule has 1 aromatic heterocycles. The van der Waals surface area contributed by atoms with E-state index in [1.807, 2.05) is 79.1 Å². The summed E-state index contributed by atoms with van der Waals surface area (Å²) in [6, 6.07) is 24.7. The van der Waals surface area contributed by atoms with E-state index in [1.54, 1.807) is 18.2 Å². The Balaban J connectivity index is 1.89. The molecule has 7 nitrogen and oxygen atoms in total. The first-order valence-corrected chi connectivity index (χ1v) is 19.4. The largest absolute Gasteiger partial charge is 0.469 e. The molecule has 49 heavy (non-hydrogen) atoms. The summed E-state index contributed by atoms with van der Waals surface area (Å²) in [7, 11) is -1.01. The van der Waals surface area contributed by atoms with Crippen LogP contribution in [0.4, 0.5) is 10.1 Å². The lowest BCUT2D eigenvalue weighted by Gasteiger charge is -2.39. The molecule has 0 saturated carbocycles. The molecule has 1 atom stereocenters. The number of anilines is 1. The Labute approximate surface area is 290 Å². The molecule has 1 N–H and O–H groups in total. The SMILES string of the molecule is COC(=O)C[C@H](CC(=O)/C=C/c1c(-c2ccc(F)cc2)c(-c2ccccc2)c(C(=O)Nc2ccccc2)n1C(C)C)O[Si](C)(C)C(C)(C)C. The fourth-order valence-corrected chi connectivity index (χ4v) is 6.87. The summed E-state index contributed by atoms with van der Waals surface area (Å²) < 4.78 is 27.6. The van der Waals surface area contributed by atoms with E-state index in [1.165, 1.54) is 25.3 Å². The molecule has 0 fully saturated rings. The van der Waals surface area contributed by atoms with Crippen molar-refractivity contribution in [2.45, 2.75) is 77.7 Å². The molecule has 4 aromatic rings. The van der Waals surface area contributed by atoms with Crippen LogP contribution in [0.5, 0.6) is 0 Å². The highest BCUT2D eigenvalue weighted by molar-refractivity contribution is 6.74. The van der Waals surface area contributed by atoms with Crippen LogP contribution in [0.1, 0.15) is 69.7 Å². The van der Waals surface area contributed by atoms with Crippen molar-refractivity contribution in [3.8, 4) is 22.3 Å². The average Bonchev–Trinajstić information content (AvgIpc) is 3.40. The van der Waals surface area contributed by atoms with Gasteiger partial charge >= 0.3 is 5.97 Å². The number of benzene rings is 3. The van der Waals surface area contributed by atoms with Crippen molar-refractivity contribution in [1.29, 1.82) is 0 Å². The molecule has 1 amide bonds. The van der Waals surface area contributed by atoms with Gasteiger partial charge in [-0.25, -0.2) is 4.39 Å². The van der Waals surface area contributed by atoms with Crippen LogP contribution in [-0.4, -0.2) is 43.8 Å². The van der Waals surface area contributed by atoms with Gasteiger partial charge in [0.1, 0.15) is 11.5 Å². The van der Waals surface area contributed by atoms with Gasteiger partial charge in [0.15, 0.2) is 14.1 Å². The van der Waals surface area contributed by atoms with Crippen molar-refractivity contribution in [3.05, 3.63) is 108 Å². The molecule has 9 heteroatoms. The molecule has 4 rings (SSSR count). The maximum Gasteiger partial charge on any atom is 0.308 e. The number of nitrogens with zero attached hydrogens (tertiary/aromatic N) is 1. The van der Waals surface area contributed by atoms with Crippen molar-refractivity contribution < 1.29 is 27.9 Å². The predicted octanol–water partition coefficient (Wildman–Crippen LogP) is 9.72. The maximum absolute atomic E-state index is 14.3. The van der Waals surface area contributed by atoms with Crippen LogP contribution < -0.4 is 5.32 Å². The number of ketones is 1. The minimum absolute atomic E-state index is 0.0285. The number of aromatic nitrogens is 1. The van der Waals surface area contributed by atoms with Crippen LogP contribution in [0.2, 0.25) is 18.1 Å². The lowest BCUT2D eigenvalue weighted by Crippen LogP contribution is -2.44. The molecule has 0 aliphatic heterocycles. The zero-order chi connectivity index (χ0) is 35.9. The first kappa shape index (κ1) is 37.2. The summed E-state index contributed by atoms with van der Waals surface area (Å²) in [4.78, 5) is 40.3. The third-order valence-electron chi connectivity index (χ3n) is 8.95. The van der Waals surface area contributed by atoms with E-state index < -0.39 is 20.4 Å². The Bertz CT molecular complexity index is 1790. The first-order valence-electron chi connectivity index (χ1n) is 16.5. The van der Waals surface area contributed by atoms with Crippen molar-refractivity contribution >= 4 is 37.7 Å². The van der Waals surface area contributed by atoms with Crippen LogP contribution in [0.15, 0.2) is 91.0 Å². The van der Waals surface area contributed by atoms with Crippen molar-refractivity contribution in [3.63, 3.8) is 0 Å². The van der Waals surface area contributed by atoms with Gasteiger partial charge in [-0.1, -0.05) is 81.4 Å². The molecule has 0 radical (unpaired) electrons. The molecule has 0 aliphatic rings. The number of carbonyl (C=O) groups excluding carboxylic acids is 3. The molecular weight excluding hydrogens is 636 g/mol. The second-order valence-corrected chi connectivity index (χ2v) is 18.7. The summed E-state index contributed by atoms with van der Waals surface area (Å²) in [5.74, 6) is -1.41. The number of carbonyl (C=O) groups is 3. The normalized spacial score (nSPS) is 12.7. The Morgan fingerprint density at radius 1 is 0.857 bits per heavy atom. The number of allylic oxidation sites excluding steroid dienone is 1. The Morgan fingerprint density at radius 3 is 1.98 bits per heavy atom. The van der Waals surface area contributed by atoms with Gasteiger partial charge in [-0.3, -0.25) is 14.4 Å². The van der Waals surface area contributed by atoms with E-state index >= 15 is 0 Å². The zero-order valence-corrected chi connectivity index (χ0v) is 30.7. The molecule has 1 heterocycles. The van der Waals surface area contributed by atoms with Crippen LogP contribution in [0, 0.1) is 5.82 Å². The van der Waals surface area contributed by atoms with Crippen LogP contribution >= 0.6 is 0 Å². The van der Waals surface area contributed by atoms with Gasteiger partial charge in [0.25, 0.3) is 5.91 Å². The third-order valence-corrected chi connectivity index (χ3v) is 13.5. The van der Waals surface area contributed by atoms with Gasteiger partial charge in [-0.15, -0.1) is 0 Å². The molecule has 0 unspecified atom stereocenters. The monoisotopic (exact) mass is 682 g/mol. The van der Waals surface area contributed by atoms with Crippen molar-refractivity contribution in [1.82, 2.24) is 4.57 Å². The highest BCUT2D eigenvalue weighted by Crippen LogP contribution is 2.43. The van der Waals surface area contributed by atoms with Gasteiger partial charge < -0.3 is 19.0 Å². The van der Waals surface area contributed by atoms with Gasteiger partial charge in [-0.2, -0.15) is 0 Å². The second kappa shape index (κ2) is 15.7. The van der Waals surface area contributed by atoms with E-state index in [2.05, 4.69) is 39.2 Å². The number of esters is 1. The molecule has 3 aromatic carbocycles. The lowest BCUT2D eigenvalue weighted by molar-refractivity contribution is -0.142. The molecule has 0 bridgehead atoms. The number of halogens is 1. The zero-order valence-electron chi connectivity index (χ0n) is 29.7. The Kier molecular flexibility index (Phi) is 12.0. The fourth-order valence-electron chi connectivity index (χ4n) is 5.52. The quantitative estimate of drug-likeness (QED) is 0.0862. The number of hydrogen-bond acceptors (Lipinski definition) is 5. The number of para-hydroxylation sites is 1. The van der Waals surface area contributed by atoms with Gasteiger partial charge in [0.05, 0.1) is 25.3 Å². The molecule has 0 spiro atoms. The summed E-state index contributed by atoms with van der Waals surface area (Å²) in [6.07, 6.45) is 2.46. The fraction of sp³-hybridized carbons (Fsp3) is 0.325. The molecule has 0 aliphatic carbocycles. The Hall–Kier alpha value is -4.60. The number of amides is 1. The Morgan fingerprint density at radius 2 is 1.43 bits per heavy atom. The van der Waals surface area contributed by atoms with Crippen LogP contribution in [-0.2, 0) is 18.8 Å². The molecule has 0 saturated heterocycles. The summed E-state index contributed by atoms with van der Waals surface area (Å²) in [5.41, 5.74) is 4.48. The molecule has 258 valence electrons. The minimum atomic E-state index is -2.33. The number of rotatable bonds is 13. The standard InChI is InChI=1S/C40H47FN2O5Si/c1-27(2)43-34(24-23-32(44)25-33(26-35(45)47-6)48-49(7,8)40(3,4)5)36(29-19-21-30(41)22-20-29)37(28-15-11-9-12-16-28)38(43)39(46)42-31-17-13-10-14-18-31/h9-24,27,33H,25-26H2,1-8H3,(H,42,46)/b24-23+/t33-/m0/s1. The van der Waals surface area contributed by atoms with Gasteiger partial charge in [0, 0.05) is 29.3 Å². The van der Waals surface area contributed by atoms with Crippen LogP contribution in [0.3, 0.4) is 0 Å². The highest BCUT2D eigenvalue weighted by Gasteiger charge is 2.40. The van der Waals surface area contributed by atoms with Crippen molar-refractivity contribution in [2.24, 2.45) is 0 Å². The van der Waals surface area contributed by atoms with Crippen LogP contribution in [0.25, 0.3) is 28.3 Å². The summed E-state index contributed by atoms with van der Waals surface area (Å²) in [5, 5.41) is 2.91. The van der Waals surface area contributed by atoms with E-state index in [0.29, 0.717) is 33.8 Å². The molecular formula is C40H47FN2O5Si.